The van der Waals surface area contributed by atoms with Gasteiger partial charge in [0.1, 0.15) is 5.82 Å². The van der Waals surface area contributed by atoms with Gasteiger partial charge in [0.05, 0.1) is 15.8 Å². The van der Waals surface area contributed by atoms with E-state index in [4.69, 9.17) is 23.2 Å². The first-order valence-corrected chi connectivity index (χ1v) is 9.21. The van der Waals surface area contributed by atoms with Gasteiger partial charge < -0.3 is 9.88 Å². The predicted molar refractivity (Wildman–Crippen MR) is 102 cm³/mol. The van der Waals surface area contributed by atoms with Gasteiger partial charge in [0, 0.05) is 18.3 Å². The SMILES string of the molecule is Cn1c(SCC(=O)Nc2ccc(Cl)c(Cl)c2)nnc1-c1ccc(F)cc1. The van der Waals surface area contributed by atoms with Gasteiger partial charge in [-0.1, -0.05) is 35.0 Å². The molecule has 0 aliphatic heterocycles. The average Bonchev–Trinajstić information content (AvgIpc) is 2.98. The highest BCUT2D eigenvalue weighted by atomic mass is 35.5. The van der Waals surface area contributed by atoms with Crippen molar-refractivity contribution in [2.24, 2.45) is 7.05 Å². The topological polar surface area (TPSA) is 59.8 Å². The second-order valence-electron chi connectivity index (χ2n) is 5.34. The Morgan fingerprint density at radius 2 is 1.88 bits per heavy atom. The Morgan fingerprint density at radius 1 is 1.15 bits per heavy atom. The van der Waals surface area contributed by atoms with Gasteiger partial charge in [0.25, 0.3) is 0 Å². The molecule has 0 saturated carbocycles. The Labute approximate surface area is 163 Å². The fourth-order valence-electron chi connectivity index (χ4n) is 2.19. The van der Waals surface area contributed by atoms with Crippen LogP contribution in [0.2, 0.25) is 10.0 Å². The predicted octanol–water partition coefficient (Wildman–Crippen LogP) is 4.66. The van der Waals surface area contributed by atoms with Crippen LogP contribution in [-0.4, -0.2) is 26.4 Å². The zero-order valence-corrected chi connectivity index (χ0v) is 15.9. The van der Waals surface area contributed by atoms with Gasteiger partial charge in [0.15, 0.2) is 11.0 Å². The second-order valence-corrected chi connectivity index (χ2v) is 7.09. The summed E-state index contributed by atoms with van der Waals surface area (Å²) in [5.74, 6) is 0.219. The highest BCUT2D eigenvalue weighted by Crippen LogP contribution is 2.26. The van der Waals surface area contributed by atoms with Crippen LogP contribution in [0, 0.1) is 5.82 Å². The first kappa shape index (κ1) is 18.7. The molecule has 9 heteroatoms. The summed E-state index contributed by atoms with van der Waals surface area (Å²) in [5, 5.41) is 12.3. The number of amides is 1. The largest absolute Gasteiger partial charge is 0.325 e. The highest BCUT2D eigenvalue weighted by molar-refractivity contribution is 7.99. The molecule has 0 bridgehead atoms. The Hall–Kier alpha value is -2.09. The highest BCUT2D eigenvalue weighted by Gasteiger charge is 2.13. The number of carbonyl (C=O) groups is 1. The molecule has 2 aromatic carbocycles. The third kappa shape index (κ3) is 4.35. The third-order valence-electron chi connectivity index (χ3n) is 3.47. The summed E-state index contributed by atoms with van der Waals surface area (Å²) in [6.07, 6.45) is 0. The molecule has 0 radical (unpaired) electrons. The molecule has 0 spiro atoms. The normalized spacial score (nSPS) is 10.8. The van der Waals surface area contributed by atoms with Crippen LogP contribution in [0.1, 0.15) is 0 Å². The molecule has 0 unspecified atom stereocenters. The summed E-state index contributed by atoms with van der Waals surface area (Å²) in [5.41, 5.74) is 1.31. The summed E-state index contributed by atoms with van der Waals surface area (Å²) in [7, 11) is 1.79. The van der Waals surface area contributed by atoms with E-state index in [1.807, 2.05) is 0 Å². The monoisotopic (exact) mass is 410 g/mol. The number of benzene rings is 2. The number of carbonyl (C=O) groups excluding carboxylic acids is 1. The number of nitrogens with zero attached hydrogens (tertiary/aromatic N) is 3. The molecular formula is C17H13Cl2FN4OS. The van der Waals surface area contributed by atoms with E-state index in [0.717, 1.165) is 5.56 Å². The standard InChI is InChI=1S/C17H13Cl2FN4OS/c1-24-16(10-2-4-11(20)5-3-10)22-23-17(24)26-9-15(25)21-12-6-7-13(18)14(19)8-12/h2-8H,9H2,1H3,(H,21,25). The molecule has 5 nitrogen and oxygen atoms in total. The summed E-state index contributed by atoms with van der Waals surface area (Å²) in [6.45, 7) is 0. The van der Waals surface area contributed by atoms with Crippen molar-refractivity contribution in [3.8, 4) is 11.4 Å². The van der Waals surface area contributed by atoms with Crippen LogP contribution < -0.4 is 5.32 Å². The molecule has 3 aromatic rings. The van der Waals surface area contributed by atoms with Gasteiger partial charge in [-0.05, 0) is 42.5 Å². The average molecular weight is 411 g/mol. The molecule has 1 heterocycles. The van der Waals surface area contributed by atoms with Crippen LogP contribution in [0.4, 0.5) is 10.1 Å². The number of hydrogen-bond donors (Lipinski definition) is 1. The minimum absolute atomic E-state index is 0.148. The van der Waals surface area contributed by atoms with Gasteiger partial charge in [-0.25, -0.2) is 4.39 Å². The molecule has 1 aromatic heterocycles. The number of nitrogens with one attached hydrogen (secondary N) is 1. The van der Waals surface area contributed by atoms with Crippen molar-refractivity contribution in [2.75, 3.05) is 11.1 Å². The zero-order valence-electron chi connectivity index (χ0n) is 13.5. The Bertz CT molecular complexity index is 946. The maximum Gasteiger partial charge on any atom is 0.234 e. The number of thioether (sulfide) groups is 1. The van der Waals surface area contributed by atoms with Crippen molar-refractivity contribution >= 4 is 46.6 Å². The molecule has 3 rings (SSSR count). The maximum atomic E-state index is 13.0. The van der Waals surface area contributed by atoms with Crippen molar-refractivity contribution in [3.05, 3.63) is 58.3 Å². The molecular weight excluding hydrogens is 398 g/mol. The van der Waals surface area contributed by atoms with Gasteiger partial charge in [-0.2, -0.15) is 0 Å². The van der Waals surface area contributed by atoms with E-state index in [-0.39, 0.29) is 17.5 Å². The van der Waals surface area contributed by atoms with E-state index >= 15 is 0 Å². The van der Waals surface area contributed by atoms with Crippen LogP contribution in [0.15, 0.2) is 47.6 Å². The quantitative estimate of drug-likeness (QED) is 0.621. The number of rotatable bonds is 5. The molecule has 0 fully saturated rings. The summed E-state index contributed by atoms with van der Waals surface area (Å²) >= 11 is 13.0. The molecule has 134 valence electrons. The maximum absolute atomic E-state index is 13.0. The van der Waals surface area contributed by atoms with Crippen molar-refractivity contribution in [1.82, 2.24) is 14.8 Å². The van der Waals surface area contributed by atoms with E-state index in [9.17, 15) is 9.18 Å². The number of hydrogen-bond acceptors (Lipinski definition) is 4. The minimum atomic E-state index is -0.315. The zero-order chi connectivity index (χ0) is 18.7. The van der Waals surface area contributed by atoms with E-state index in [0.29, 0.717) is 26.7 Å². The molecule has 1 N–H and O–H groups in total. The van der Waals surface area contributed by atoms with Crippen molar-refractivity contribution in [3.63, 3.8) is 0 Å². The summed E-state index contributed by atoms with van der Waals surface area (Å²) in [6, 6.07) is 10.9. The van der Waals surface area contributed by atoms with E-state index in [1.54, 1.807) is 41.9 Å². The van der Waals surface area contributed by atoms with Crippen molar-refractivity contribution in [1.29, 1.82) is 0 Å². The molecule has 26 heavy (non-hydrogen) atoms. The van der Waals surface area contributed by atoms with E-state index in [2.05, 4.69) is 15.5 Å². The first-order chi connectivity index (χ1) is 12.4. The lowest BCUT2D eigenvalue weighted by Crippen LogP contribution is -2.14. The molecule has 0 atom stereocenters. The molecule has 0 saturated heterocycles. The number of aromatic nitrogens is 3. The summed E-state index contributed by atoms with van der Waals surface area (Å²) in [4.78, 5) is 12.1. The Morgan fingerprint density at radius 3 is 2.58 bits per heavy atom. The smallest absolute Gasteiger partial charge is 0.234 e. The number of anilines is 1. The number of halogens is 3. The van der Waals surface area contributed by atoms with Gasteiger partial charge in [-0.3, -0.25) is 4.79 Å². The molecule has 0 aliphatic rings. The lowest BCUT2D eigenvalue weighted by molar-refractivity contribution is -0.113. The summed E-state index contributed by atoms with van der Waals surface area (Å²) < 4.78 is 14.8. The van der Waals surface area contributed by atoms with Crippen molar-refractivity contribution < 1.29 is 9.18 Å². The van der Waals surface area contributed by atoms with Crippen LogP contribution in [-0.2, 0) is 11.8 Å². The first-order valence-electron chi connectivity index (χ1n) is 7.47. The van der Waals surface area contributed by atoms with Gasteiger partial charge in [-0.15, -0.1) is 10.2 Å². The third-order valence-corrected chi connectivity index (χ3v) is 5.23. The Balaban J connectivity index is 1.63. The van der Waals surface area contributed by atoms with Crippen LogP contribution >= 0.6 is 35.0 Å². The van der Waals surface area contributed by atoms with Gasteiger partial charge in [0.2, 0.25) is 5.91 Å². The van der Waals surface area contributed by atoms with Crippen LogP contribution in [0.5, 0.6) is 0 Å². The van der Waals surface area contributed by atoms with Crippen molar-refractivity contribution in [2.45, 2.75) is 5.16 Å². The fourth-order valence-corrected chi connectivity index (χ4v) is 3.20. The Kier molecular flexibility index (Phi) is 5.80. The van der Waals surface area contributed by atoms with E-state index < -0.39 is 0 Å². The van der Waals surface area contributed by atoms with Crippen LogP contribution in [0.25, 0.3) is 11.4 Å². The molecule has 0 aliphatic carbocycles. The minimum Gasteiger partial charge on any atom is -0.325 e. The van der Waals surface area contributed by atoms with E-state index in [1.165, 1.54) is 23.9 Å². The van der Waals surface area contributed by atoms with Gasteiger partial charge >= 0.3 is 0 Å². The second kappa shape index (κ2) is 8.07. The lowest BCUT2D eigenvalue weighted by Gasteiger charge is -2.06. The molecule has 1 amide bonds. The fraction of sp³-hybridized carbons (Fsp3) is 0.118. The lowest BCUT2D eigenvalue weighted by atomic mass is 10.2. The van der Waals surface area contributed by atoms with Crippen LogP contribution in [0.3, 0.4) is 0 Å².